The summed E-state index contributed by atoms with van der Waals surface area (Å²) in [6.45, 7) is 1.97. The summed E-state index contributed by atoms with van der Waals surface area (Å²) in [5.74, 6) is 1.48. The van der Waals surface area contributed by atoms with E-state index in [0.29, 0.717) is 45.9 Å². The molecule has 0 saturated heterocycles. The van der Waals surface area contributed by atoms with E-state index in [0.717, 1.165) is 4.83 Å². The fraction of sp³-hybridized carbons (Fsp3) is 0.150. The van der Waals surface area contributed by atoms with Gasteiger partial charge in [-0.1, -0.05) is 13.0 Å². The van der Waals surface area contributed by atoms with E-state index in [1.807, 2.05) is 6.92 Å². The summed E-state index contributed by atoms with van der Waals surface area (Å²) >= 11 is 1.42. The number of benzene rings is 1. The average molecular weight is 429 g/mol. The number of para-hydroxylation sites is 1. The van der Waals surface area contributed by atoms with Crippen LogP contribution in [-0.4, -0.2) is 34.7 Å². The molecule has 0 aliphatic rings. The fourth-order valence-electron chi connectivity index (χ4n) is 3.47. The Kier molecular flexibility index (Phi) is 4.61. The van der Waals surface area contributed by atoms with E-state index in [4.69, 9.17) is 4.98 Å². The normalized spacial score (nSPS) is 12.1. The Labute approximate surface area is 179 Å². The molecule has 0 radical (unpaired) electrons. The number of fused-ring (bicyclic) bond motifs is 2. The second kappa shape index (κ2) is 7.58. The number of nitriles is 1. The predicted octanol–water partition coefficient (Wildman–Crippen LogP) is 2.94. The predicted molar refractivity (Wildman–Crippen MR) is 116 cm³/mol. The summed E-state index contributed by atoms with van der Waals surface area (Å²) in [5, 5.41) is 20.1. The number of H-pyrrole nitrogens is 1. The number of hydrogen-bond acceptors (Lipinski definition) is 9. The molecule has 11 heteroatoms. The Hall–Kier alpha value is -4.17. The lowest BCUT2D eigenvalue weighted by molar-refractivity contribution is 0.653. The van der Waals surface area contributed by atoms with Crippen LogP contribution >= 0.6 is 11.3 Å². The van der Waals surface area contributed by atoms with Gasteiger partial charge < -0.3 is 5.32 Å². The molecule has 0 spiro atoms. The van der Waals surface area contributed by atoms with Gasteiger partial charge in [0.1, 0.15) is 34.4 Å². The summed E-state index contributed by atoms with van der Waals surface area (Å²) in [6.07, 6.45) is 3.63. The Morgan fingerprint density at radius 2 is 2.16 bits per heavy atom. The van der Waals surface area contributed by atoms with E-state index in [9.17, 15) is 10.1 Å². The Morgan fingerprint density at radius 3 is 2.94 bits per heavy atom. The van der Waals surface area contributed by atoms with Crippen molar-refractivity contribution in [3.63, 3.8) is 0 Å². The highest BCUT2D eigenvalue weighted by atomic mass is 32.1. The van der Waals surface area contributed by atoms with Crippen molar-refractivity contribution in [3.05, 3.63) is 64.0 Å². The van der Waals surface area contributed by atoms with Gasteiger partial charge in [-0.2, -0.15) is 10.4 Å². The molecule has 1 unspecified atom stereocenters. The van der Waals surface area contributed by atoms with Crippen molar-refractivity contribution in [1.82, 2.24) is 34.7 Å². The van der Waals surface area contributed by atoms with Gasteiger partial charge in [0.2, 0.25) is 0 Å². The molecular weight excluding hydrogens is 414 g/mol. The van der Waals surface area contributed by atoms with E-state index in [2.05, 4.69) is 36.5 Å². The van der Waals surface area contributed by atoms with Gasteiger partial charge in [-0.3, -0.25) is 9.89 Å². The molecule has 31 heavy (non-hydrogen) atoms. The molecule has 0 fully saturated rings. The molecular formula is C20H15N9OS. The molecule has 4 aromatic heterocycles. The third-order valence-corrected chi connectivity index (χ3v) is 5.67. The number of aromatic nitrogens is 7. The zero-order valence-corrected chi connectivity index (χ0v) is 17.1. The van der Waals surface area contributed by atoms with E-state index in [-0.39, 0.29) is 5.56 Å². The first kappa shape index (κ1) is 18.8. The maximum Gasteiger partial charge on any atom is 0.267 e. The highest BCUT2D eigenvalue weighted by molar-refractivity contribution is 7.16. The van der Waals surface area contributed by atoms with Crippen LogP contribution in [0.4, 0.5) is 5.82 Å². The van der Waals surface area contributed by atoms with Crippen LogP contribution in [0.25, 0.3) is 27.1 Å². The Balaban J connectivity index is 1.75. The van der Waals surface area contributed by atoms with Gasteiger partial charge in [0.25, 0.3) is 5.56 Å². The van der Waals surface area contributed by atoms with Crippen molar-refractivity contribution in [2.24, 2.45) is 0 Å². The summed E-state index contributed by atoms with van der Waals surface area (Å²) in [4.78, 5) is 31.9. The Morgan fingerprint density at radius 1 is 1.26 bits per heavy atom. The number of nitrogens with one attached hydrogen (secondary N) is 2. The molecule has 1 atom stereocenters. The summed E-state index contributed by atoms with van der Waals surface area (Å²) in [7, 11) is 0. The second-order valence-corrected chi connectivity index (χ2v) is 7.53. The van der Waals surface area contributed by atoms with Crippen molar-refractivity contribution in [2.45, 2.75) is 19.4 Å². The lowest BCUT2D eigenvalue weighted by Gasteiger charge is -2.21. The van der Waals surface area contributed by atoms with Gasteiger partial charge in [0.05, 0.1) is 34.2 Å². The van der Waals surface area contributed by atoms with Gasteiger partial charge in [-0.25, -0.2) is 24.5 Å². The minimum atomic E-state index is -0.396. The van der Waals surface area contributed by atoms with Crippen LogP contribution in [0, 0.1) is 11.3 Å². The van der Waals surface area contributed by atoms with Crippen molar-refractivity contribution in [3.8, 4) is 11.9 Å². The van der Waals surface area contributed by atoms with Crippen LogP contribution in [-0.2, 0) is 0 Å². The molecule has 4 heterocycles. The minimum absolute atomic E-state index is 0.289. The molecule has 152 valence electrons. The van der Waals surface area contributed by atoms with Crippen LogP contribution in [0.15, 0.2) is 47.1 Å². The lowest BCUT2D eigenvalue weighted by atomic mass is 10.1. The van der Waals surface area contributed by atoms with E-state index in [1.54, 1.807) is 36.0 Å². The van der Waals surface area contributed by atoms with E-state index >= 15 is 0 Å². The smallest absolute Gasteiger partial charge is 0.267 e. The molecule has 0 bridgehead atoms. The third kappa shape index (κ3) is 3.10. The number of hydrogen-bond donors (Lipinski definition) is 2. The number of rotatable bonds is 5. The van der Waals surface area contributed by atoms with E-state index < -0.39 is 6.04 Å². The first-order valence-electron chi connectivity index (χ1n) is 9.47. The van der Waals surface area contributed by atoms with Crippen LogP contribution in [0.1, 0.15) is 30.8 Å². The fourth-order valence-corrected chi connectivity index (χ4v) is 4.10. The molecule has 0 aliphatic heterocycles. The monoisotopic (exact) mass is 429 g/mol. The Bertz CT molecular complexity index is 1500. The largest absolute Gasteiger partial charge is 0.358 e. The molecule has 2 N–H and O–H groups in total. The average Bonchev–Trinajstić information content (AvgIpc) is 3.49. The van der Waals surface area contributed by atoms with Crippen molar-refractivity contribution in [2.75, 3.05) is 5.32 Å². The molecule has 0 aliphatic carbocycles. The standard InChI is InChI=1S/C20H15N9OS/c1-2-13(26-17-16-19(23-9-22-17)31-10-24-16)18-27-15-11(8-21)4-3-5-12(15)20(30)29(18)14-6-7-25-28-14/h3-7,9-10,13H,2H2,1H3,(H,25,28)(H,22,23,26). The maximum atomic E-state index is 13.5. The summed E-state index contributed by atoms with van der Waals surface area (Å²) < 4.78 is 1.48. The van der Waals surface area contributed by atoms with Crippen molar-refractivity contribution in [1.29, 1.82) is 5.26 Å². The molecule has 1 aromatic carbocycles. The number of aromatic amines is 1. The third-order valence-electron chi connectivity index (χ3n) is 4.94. The molecule has 5 aromatic rings. The number of nitrogens with zero attached hydrogens (tertiary/aromatic N) is 7. The highest BCUT2D eigenvalue weighted by Crippen LogP contribution is 2.27. The van der Waals surface area contributed by atoms with Gasteiger partial charge in [-0.15, -0.1) is 11.3 Å². The lowest BCUT2D eigenvalue weighted by Crippen LogP contribution is -2.28. The van der Waals surface area contributed by atoms with Crippen molar-refractivity contribution < 1.29 is 0 Å². The maximum absolute atomic E-state index is 13.5. The first-order valence-corrected chi connectivity index (χ1v) is 10.4. The van der Waals surface area contributed by atoms with Crippen LogP contribution in [0.5, 0.6) is 0 Å². The summed E-state index contributed by atoms with van der Waals surface area (Å²) in [6, 6.07) is 8.42. The van der Waals surface area contributed by atoms with Gasteiger partial charge in [0.15, 0.2) is 5.82 Å². The number of anilines is 1. The van der Waals surface area contributed by atoms with Crippen LogP contribution < -0.4 is 10.9 Å². The molecule has 0 saturated carbocycles. The minimum Gasteiger partial charge on any atom is -0.358 e. The molecule has 5 rings (SSSR count). The zero-order chi connectivity index (χ0) is 21.4. The highest BCUT2D eigenvalue weighted by Gasteiger charge is 2.23. The van der Waals surface area contributed by atoms with Crippen molar-refractivity contribution >= 4 is 38.4 Å². The molecule has 0 amide bonds. The molecule has 10 nitrogen and oxygen atoms in total. The topological polar surface area (TPSA) is 138 Å². The van der Waals surface area contributed by atoms with E-state index in [1.165, 1.54) is 22.2 Å². The summed E-state index contributed by atoms with van der Waals surface area (Å²) in [5.41, 5.74) is 2.77. The number of thiazole rings is 1. The first-order chi connectivity index (χ1) is 15.2. The van der Waals surface area contributed by atoms with Crippen LogP contribution in [0.3, 0.4) is 0 Å². The SMILES string of the molecule is CCC(Nc1ncnc2scnc12)c1nc2c(C#N)cccc2c(=O)n1-c1ccn[nH]1. The quantitative estimate of drug-likeness (QED) is 0.435. The van der Waals surface area contributed by atoms with Gasteiger partial charge >= 0.3 is 0 Å². The zero-order valence-electron chi connectivity index (χ0n) is 16.3. The van der Waals surface area contributed by atoms with Gasteiger partial charge in [-0.05, 0) is 18.6 Å². The second-order valence-electron chi connectivity index (χ2n) is 6.70. The van der Waals surface area contributed by atoms with Gasteiger partial charge in [0, 0.05) is 6.07 Å². The van der Waals surface area contributed by atoms with Crippen LogP contribution in [0.2, 0.25) is 0 Å².